The van der Waals surface area contributed by atoms with Crippen molar-refractivity contribution in [1.29, 1.82) is 0 Å². The molecular formula is C23H21ClN2. The molecule has 0 saturated heterocycles. The maximum Gasteiger partial charge on any atom is 0.0909 e. The smallest absolute Gasteiger partial charge is 0.0909 e. The molecule has 1 aliphatic heterocycles. The Kier molecular flexibility index (Phi) is 4.08. The van der Waals surface area contributed by atoms with Gasteiger partial charge in [-0.1, -0.05) is 80.0 Å². The van der Waals surface area contributed by atoms with E-state index in [0.717, 1.165) is 33.9 Å². The highest BCUT2D eigenvalue weighted by atomic mass is 35.5. The Morgan fingerprint density at radius 3 is 2.35 bits per heavy atom. The molecule has 0 atom stereocenters. The molecule has 3 aromatic rings. The standard InChI is InChI=1S/C23H21ClN2/c1-15-9-7-13-18(24)20(15)25-19-14-8-12-17-21(19)26-22(23(17,2)3)16-10-5-4-6-11-16/h4-14,25H,1-3H3. The number of anilines is 2. The zero-order valence-electron chi connectivity index (χ0n) is 15.2. The average Bonchev–Trinajstić information content (AvgIpc) is 2.91. The second-order valence-corrected chi connectivity index (χ2v) is 7.62. The first-order valence-electron chi connectivity index (χ1n) is 8.78. The van der Waals surface area contributed by atoms with Crippen LogP contribution < -0.4 is 5.32 Å². The van der Waals surface area contributed by atoms with E-state index in [4.69, 9.17) is 16.6 Å². The number of benzene rings is 3. The van der Waals surface area contributed by atoms with Gasteiger partial charge in [0.2, 0.25) is 0 Å². The van der Waals surface area contributed by atoms with Crippen LogP contribution in [-0.4, -0.2) is 5.71 Å². The van der Waals surface area contributed by atoms with Gasteiger partial charge in [-0.15, -0.1) is 0 Å². The maximum atomic E-state index is 6.41. The summed E-state index contributed by atoms with van der Waals surface area (Å²) in [5.41, 5.74) is 7.36. The fraction of sp³-hybridized carbons (Fsp3) is 0.174. The van der Waals surface area contributed by atoms with Crippen molar-refractivity contribution in [1.82, 2.24) is 0 Å². The summed E-state index contributed by atoms with van der Waals surface area (Å²) >= 11 is 6.41. The molecule has 0 amide bonds. The second kappa shape index (κ2) is 6.30. The molecule has 3 aromatic carbocycles. The van der Waals surface area contributed by atoms with E-state index in [1.165, 1.54) is 5.56 Å². The van der Waals surface area contributed by atoms with E-state index in [1.54, 1.807) is 0 Å². The quantitative estimate of drug-likeness (QED) is 0.545. The number of para-hydroxylation sites is 2. The van der Waals surface area contributed by atoms with Gasteiger partial charge in [0.1, 0.15) is 0 Å². The topological polar surface area (TPSA) is 24.4 Å². The Bertz CT molecular complexity index is 984. The van der Waals surface area contributed by atoms with Crippen LogP contribution in [0.25, 0.3) is 0 Å². The van der Waals surface area contributed by atoms with Gasteiger partial charge in [0, 0.05) is 5.41 Å². The SMILES string of the molecule is Cc1cccc(Cl)c1Nc1cccc2c1N=C(c1ccccc1)C2(C)C. The van der Waals surface area contributed by atoms with Crippen molar-refractivity contribution in [2.45, 2.75) is 26.2 Å². The number of hydrogen-bond acceptors (Lipinski definition) is 2. The Hall–Kier alpha value is -2.58. The third-order valence-corrected chi connectivity index (χ3v) is 5.37. The molecule has 0 aromatic heterocycles. The van der Waals surface area contributed by atoms with E-state index < -0.39 is 0 Å². The van der Waals surface area contributed by atoms with Gasteiger partial charge in [-0.3, -0.25) is 0 Å². The van der Waals surface area contributed by atoms with Crippen LogP contribution in [0.15, 0.2) is 71.7 Å². The lowest BCUT2D eigenvalue weighted by Gasteiger charge is -2.23. The number of aryl methyl sites for hydroxylation is 1. The van der Waals surface area contributed by atoms with Gasteiger partial charge in [-0.25, -0.2) is 4.99 Å². The zero-order chi connectivity index (χ0) is 18.3. The largest absolute Gasteiger partial charge is 0.352 e. The summed E-state index contributed by atoms with van der Waals surface area (Å²) < 4.78 is 0. The molecule has 130 valence electrons. The molecule has 0 bridgehead atoms. The van der Waals surface area contributed by atoms with Crippen molar-refractivity contribution in [2.75, 3.05) is 5.32 Å². The predicted octanol–water partition coefficient (Wildman–Crippen LogP) is 6.80. The van der Waals surface area contributed by atoms with E-state index in [1.807, 2.05) is 18.2 Å². The summed E-state index contributed by atoms with van der Waals surface area (Å²) in [6.45, 7) is 6.52. The highest BCUT2D eigenvalue weighted by molar-refractivity contribution is 6.33. The normalized spacial score (nSPS) is 14.7. The molecular weight excluding hydrogens is 340 g/mol. The van der Waals surface area contributed by atoms with Crippen LogP contribution in [-0.2, 0) is 5.41 Å². The Labute approximate surface area is 159 Å². The van der Waals surface area contributed by atoms with E-state index >= 15 is 0 Å². The summed E-state index contributed by atoms with van der Waals surface area (Å²) in [7, 11) is 0. The van der Waals surface area contributed by atoms with E-state index in [2.05, 4.69) is 74.6 Å². The Balaban J connectivity index is 1.83. The molecule has 0 radical (unpaired) electrons. The molecule has 2 nitrogen and oxygen atoms in total. The van der Waals surface area contributed by atoms with Crippen molar-refractivity contribution >= 4 is 34.4 Å². The number of rotatable bonds is 3. The van der Waals surface area contributed by atoms with Crippen LogP contribution in [0.4, 0.5) is 17.1 Å². The average molecular weight is 361 g/mol. The monoisotopic (exact) mass is 360 g/mol. The molecule has 4 rings (SSSR count). The van der Waals surface area contributed by atoms with Crippen LogP contribution >= 0.6 is 11.6 Å². The second-order valence-electron chi connectivity index (χ2n) is 7.21. The number of aliphatic imine (C=N–C) groups is 1. The summed E-state index contributed by atoms with van der Waals surface area (Å²) in [6, 6.07) is 22.6. The highest BCUT2D eigenvalue weighted by Gasteiger charge is 2.36. The summed E-state index contributed by atoms with van der Waals surface area (Å²) in [6.07, 6.45) is 0. The maximum absolute atomic E-state index is 6.41. The fourth-order valence-corrected chi connectivity index (χ4v) is 3.86. The van der Waals surface area contributed by atoms with Gasteiger partial charge in [0.05, 0.1) is 27.8 Å². The molecule has 1 aliphatic rings. The minimum atomic E-state index is -0.149. The number of nitrogens with zero attached hydrogens (tertiary/aromatic N) is 1. The lowest BCUT2D eigenvalue weighted by molar-refractivity contribution is 0.738. The Morgan fingerprint density at radius 2 is 1.62 bits per heavy atom. The van der Waals surface area contributed by atoms with Crippen molar-refractivity contribution in [2.24, 2.45) is 4.99 Å². The first-order valence-corrected chi connectivity index (χ1v) is 9.16. The van der Waals surface area contributed by atoms with E-state index in [-0.39, 0.29) is 5.41 Å². The van der Waals surface area contributed by atoms with E-state index in [0.29, 0.717) is 5.02 Å². The van der Waals surface area contributed by atoms with Crippen molar-refractivity contribution in [3.8, 4) is 0 Å². The molecule has 1 heterocycles. The third-order valence-electron chi connectivity index (χ3n) is 5.05. The fourth-order valence-electron chi connectivity index (χ4n) is 3.59. The van der Waals surface area contributed by atoms with Gasteiger partial charge in [0.15, 0.2) is 0 Å². The van der Waals surface area contributed by atoms with Crippen molar-refractivity contribution in [3.63, 3.8) is 0 Å². The predicted molar refractivity (Wildman–Crippen MR) is 112 cm³/mol. The summed E-state index contributed by atoms with van der Waals surface area (Å²) in [5, 5.41) is 4.23. The van der Waals surface area contributed by atoms with Crippen LogP contribution in [0, 0.1) is 6.92 Å². The van der Waals surface area contributed by atoms with E-state index in [9.17, 15) is 0 Å². The lowest BCUT2D eigenvalue weighted by Crippen LogP contribution is -2.26. The molecule has 0 fully saturated rings. The van der Waals surface area contributed by atoms with Crippen molar-refractivity contribution in [3.05, 3.63) is 88.4 Å². The number of fused-ring (bicyclic) bond motifs is 1. The molecule has 0 saturated carbocycles. The molecule has 1 N–H and O–H groups in total. The molecule has 0 spiro atoms. The molecule has 0 unspecified atom stereocenters. The highest BCUT2D eigenvalue weighted by Crippen LogP contribution is 2.47. The summed E-state index contributed by atoms with van der Waals surface area (Å²) in [5.74, 6) is 0. The van der Waals surface area contributed by atoms with Crippen LogP contribution in [0.5, 0.6) is 0 Å². The number of hydrogen-bond donors (Lipinski definition) is 1. The van der Waals surface area contributed by atoms with Crippen molar-refractivity contribution < 1.29 is 0 Å². The van der Waals surface area contributed by atoms with Gasteiger partial charge in [-0.2, -0.15) is 0 Å². The number of nitrogens with one attached hydrogen (secondary N) is 1. The summed E-state index contributed by atoms with van der Waals surface area (Å²) in [4.78, 5) is 5.04. The van der Waals surface area contributed by atoms with Crippen LogP contribution in [0.3, 0.4) is 0 Å². The molecule has 3 heteroatoms. The minimum absolute atomic E-state index is 0.149. The van der Waals surface area contributed by atoms with Gasteiger partial charge in [-0.05, 0) is 35.7 Å². The van der Waals surface area contributed by atoms with Gasteiger partial charge >= 0.3 is 0 Å². The van der Waals surface area contributed by atoms with Gasteiger partial charge in [0.25, 0.3) is 0 Å². The minimum Gasteiger partial charge on any atom is -0.352 e. The zero-order valence-corrected chi connectivity index (χ0v) is 15.9. The first kappa shape index (κ1) is 16.9. The van der Waals surface area contributed by atoms with Gasteiger partial charge < -0.3 is 5.32 Å². The molecule has 26 heavy (non-hydrogen) atoms. The third kappa shape index (κ3) is 2.71. The van der Waals surface area contributed by atoms with Crippen LogP contribution in [0.2, 0.25) is 5.02 Å². The first-order chi connectivity index (χ1) is 12.5. The van der Waals surface area contributed by atoms with Crippen LogP contribution in [0.1, 0.15) is 30.5 Å². The number of halogens is 1. The molecule has 0 aliphatic carbocycles. The lowest BCUT2D eigenvalue weighted by atomic mass is 9.79. The Morgan fingerprint density at radius 1 is 0.885 bits per heavy atom.